The van der Waals surface area contributed by atoms with Crippen LogP contribution in [0.2, 0.25) is 0 Å². The second-order valence-corrected chi connectivity index (χ2v) is 7.98. The Morgan fingerprint density at radius 2 is 2.03 bits per heavy atom. The molecule has 4 aromatic rings. The fraction of sp³-hybridized carbons (Fsp3) is 0.208. The Labute approximate surface area is 187 Å². The van der Waals surface area contributed by atoms with Crippen molar-refractivity contribution in [1.82, 2.24) is 24.6 Å². The zero-order valence-corrected chi connectivity index (χ0v) is 17.9. The molecule has 0 atom stereocenters. The number of carbonyl (C=O) groups is 1. The predicted molar refractivity (Wildman–Crippen MR) is 121 cm³/mol. The lowest BCUT2D eigenvalue weighted by molar-refractivity contribution is 0.0957. The van der Waals surface area contributed by atoms with Gasteiger partial charge in [0, 0.05) is 44.0 Å². The fourth-order valence-corrected chi connectivity index (χ4v) is 4.27. The molecule has 168 valence electrons. The standard InChI is InChI=1S/C24H21F2N5O2/c1-27-23(32)17-6-5-16(22(26)28-17)14-8-11-30(12-9-14)13-15-4-7-18-21(20(15)25)29-24(33)19-3-2-10-31(18)19/h2-8,10H,9,11-13H2,1H3,(H,27,32)(H,29,33). The van der Waals surface area contributed by atoms with Crippen LogP contribution in [0, 0.1) is 11.8 Å². The maximum atomic E-state index is 15.2. The number of pyridine rings is 1. The Morgan fingerprint density at radius 3 is 2.76 bits per heavy atom. The molecule has 0 radical (unpaired) electrons. The largest absolute Gasteiger partial charge is 0.354 e. The number of halogens is 2. The van der Waals surface area contributed by atoms with E-state index in [4.69, 9.17) is 0 Å². The monoisotopic (exact) mass is 449 g/mol. The Bertz CT molecular complexity index is 1490. The minimum absolute atomic E-state index is 0.0267. The minimum Gasteiger partial charge on any atom is -0.354 e. The Morgan fingerprint density at radius 1 is 1.18 bits per heavy atom. The molecule has 3 aromatic heterocycles. The number of benzene rings is 1. The van der Waals surface area contributed by atoms with E-state index in [1.807, 2.05) is 11.0 Å². The molecule has 0 fully saturated rings. The van der Waals surface area contributed by atoms with Crippen LogP contribution < -0.4 is 10.9 Å². The van der Waals surface area contributed by atoms with Gasteiger partial charge in [-0.1, -0.05) is 12.1 Å². The number of aromatic nitrogens is 3. The second kappa shape index (κ2) is 8.25. The van der Waals surface area contributed by atoms with Crippen LogP contribution >= 0.6 is 0 Å². The Hall–Kier alpha value is -3.85. The highest BCUT2D eigenvalue weighted by Gasteiger charge is 2.20. The van der Waals surface area contributed by atoms with E-state index in [9.17, 15) is 14.0 Å². The van der Waals surface area contributed by atoms with Crippen molar-refractivity contribution >= 4 is 28.0 Å². The first-order valence-corrected chi connectivity index (χ1v) is 10.6. The zero-order valence-electron chi connectivity index (χ0n) is 17.9. The molecule has 4 heterocycles. The van der Waals surface area contributed by atoms with Crippen molar-refractivity contribution in [3.05, 3.63) is 87.6 Å². The first-order valence-electron chi connectivity index (χ1n) is 10.6. The van der Waals surface area contributed by atoms with E-state index in [0.29, 0.717) is 48.2 Å². The molecular formula is C24H21F2N5O2. The summed E-state index contributed by atoms with van der Waals surface area (Å²) in [6, 6.07) is 10.0. The highest BCUT2D eigenvalue weighted by atomic mass is 19.1. The van der Waals surface area contributed by atoms with Crippen molar-refractivity contribution in [1.29, 1.82) is 0 Å². The number of fused-ring (bicyclic) bond motifs is 3. The van der Waals surface area contributed by atoms with Crippen molar-refractivity contribution in [2.75, 3.05) is 20.1 Å². The summed E-state index contributed by atoms with van der Waals surface area (Å²) in [7, 11) is 1.46. The van der Waals surface area contributed by atoms with E-state index >= 15 is 4.39 Å². The van der Waals surface area contributed by atoms with Gasteiger partial charge in [0.05, 0.1) is 5.52 Å². The number of amides is 1. The molecule has 0 spiro atoms. The molecule has 0 unspecified atom stereocenters. The van der Waals surface area contributed by atoms with Crippen LogP contribution in [-0.2, 0) is 6.54 Å². The summed E-state index contributed by atoms with van der Waals surface area (Å²) < 4.78 is 31.4. The number of hydrogen-bond donors (Lipinski definition) is 2. The van der Waals surface area contributed by atoms with Crippen molar-refractivity contribution in [3.8, 4) is 0 Å². The smallest absolute Gasteiger partial charge is 0.272 e. The highest BCUT2D eigenvalue weighted by Crippen LogP contribution is 2.26. The van der Waals surface area contributed by atoms with Crippen molar-refractivity contribution in [2.45, 2.75) is 13.0 Å². The van der Waals surface area contributed by atoms with Crippen LogP contribution in [0.4, 0.5) is 8.78 Å². The average molecular weight is 449 g/mol. The van der Waals surface area contributed by atoms with Crippen molar-refractivity contribution < 1.29 is 13.6 Å². The quantitative estimate of drug-likeness (QED) is 0.469. The summed E-state index contributed by atoms with van der Waals surface area (Å²) in [6.45, 7) is 1.47. The summed E-state index contributed by atoms with van der Waals surface area (Å²) in [6.07, 6.45) is 4.19. The van der Waals surface area contributed by atoms with Crippen LogP contribution in [0.5, 0.6) is 0 Å². The van der Waals surface area contributed by atoms with Gasteiger partial charge in [0.15, 0.2) is 5.82 Å². The number of aromatic amines is 1. The lowest BCUT2D eigenvalue weighted by Crippen LogP contribution is -2.28. The zero-order chi connectivity index (χ0) is 23.1. The van der Waals surface area contributed by atoms with Crippen LogP contribution in [0.25, 0.3) is 22.1 Å². The van der Waals surface area contributed by atoms with Gasteiger partial charge in [0.1, 0.15) is 16.7 Å². The van der Waals surface area contributed by atoms with Gasteiger partial charge in [-0.2, -0.15) is 4.39 Å². The maximum Gasteiger partial charge on any atom is 0.272 e. The predicted octanol–water partition coefficient (Wildman–Crippen LogP) is 3.10. The molecule has 0 saturated heterocycles. The molecule has 5 rings (SSSR count). The molecule has 1 aromatic carbocycles. The molecule has 2 N–H and O–H groups in total. The Balaban J connectivity index is 1.37. The average Bonchev–Trinajstić information content (AvgIpc) is 3.32. The molecular weight excluding hydrogens is 428 g/mol. The number of rotatable bonds is 4. The fourth-order valence-electron chi connectivity index (χ4n) is 4.27. The maximum absolute atomic E-state index is 15.2. The van der Waals surface area contributed by atoms with E-state index in [1.54, 1.807) is 40.9 Å². The van der Waals surface area contributed by atoms with Gasteiger partial charge in [-0.25, -0.2) is 9.37 Å². The van der Waals surface area contributed by atoms with Gasteiger partial charge in [-0.05, 0) is 42.3 Å². The molecule has 1 amide bonds. The van der Waals surface area contributed by atoms with Gasteiger partial charge in [-0.3, -0.25) is 14.5 Å². The lowest BCUT2D eigenvalue weighted by Gasteiger charge is -2.27. The van der Waals surface area contributed by atoms with Crippen LogP contribution in [0.3, 0.4) is 0 Å². The number of nitrogens with zero attached hydrogens (tertiary/aromatic N) is 3. The summed E-state index contributed by atoms with van der Waals surface area (Å²) in [5.41, 5.74) is 2.58. The molecule has 1 aliphatic rings. The van der Waals surface area contributed by atoms with E-state index in [1.165, 1.54) is 13.1 Å². The van der Waals surface area contributed by atoms with E-state index in [0.717, 1.165) is 5.57 Å². The molecule has 0 saturated carbocycles. The summed E-state index contributed by atoms with van der Waals surface area (Å²) in [4.78, 5) is 32.4. The topological polar surface area (TPSA) is 82.5 Å². The third-order valence-electron chi connectivity index (χ3n) is 6.02. The number of hydrogen-bond acceptors (Lipinski definition) is 4. The Kier molecular flexibility index (Phi) is 5.26. The SMILES string of the molecule is CNC(=O)c1ccc(C2=CCN(Cc3ccc4c([nH]c(=O)c5cccn54)c3F)CC2)c(F)n1. The number of nitrogens with one attached hydrogen (secondary N) is 2. The van der Waals surface area contributed by atoms with E-state index < -0.39 is 17.7 Å². The normalized spacial score (nSPS) is 14.6. The summed E-state index contributed by atoms with van der Waals surface area (Å²) in [5, 5.41) is 2.42. The molecule has 0 bridgehead atoms. The van der Waals surface area contributed by atoms with Gasteiger partial charge < -0.3 is 14.7 Å². The van der Waals surface area contributed by atoms with Crippen LogP contribution in [-0.4, -0.2) is 45.3 Å². The number of carbonyl (C=O) groups excluding carboxylic acids is 1. The molecule has 33 heavy (non-hydrogen) atoms. The molecule has 0 aliphatic carbocycles. The molecule has 9 heteroatoms. The number of H-pyrrole nitrogens is 1. The third-order valence-corrected chi connectivity index (χ3v) is 6.02. The van der Waals surface area contributed by atoms with Crippen LogP contribution in [0.15, 0.2) is 53.5 Å². The summed E-state index contributed by atoms with van der Waals surface area (Å²) >= 11 is 0. The summed E-state index contributed by atoms with van der Waals surface area (Å²) in [5.74, 6) is -1.58. The van der Waals surface area contributed by atoms with E-state index in [-0.39, 0.29) is 16.8 Å². The lowest BCUT2D eigenvalue weighted by atomic mass is 10.00. The third kappa shape index (κ3) is 3.70. The highest BCUT2D eigenvalue weighted by molar-refractivity contribution is 5.92. The second-order valence-electron chi connectivity index (χ2n) is 7.98. The minimum atomic E-state index is -0.684. The van der Waals surface area contributed by atoms with E-state index in [2.05, 4.69) is 15.3 Å². The van der Waals surface area contributed by atoms with Gasteiger partial charge >= 0.3 is 0 Å². The van der Waals surface area contributed by atoms with Gasteiger partial charge in [0.25, 0.3) is 11.5 Å². The first kappa shape index (κ1) is 21.0. The van der Waals surface area contributed by atoms with Crippen LogP contribution in [0.1, 0.15) is 28.0 Å². The van der Waals surface area contributed by atoms with Gasteiger partial charge in [0.2, 0.25) is 5.95 Å². The first-order chi connectivity index (χ1) is 16.0. The molecule has 7 nitrogen and oxygen atoms in total. The van der Waals surface area contributed by atoms with Crippen molar-refractivity contribution in [2.24, 2.45) is 0 Å². The van der Waals surface area contributed by atoms with Crippen molar-refractivity contribution in [3.63, 3.8) is 0 Å². The van der Waals surface area contributed by atoms with Gasteiger partial charge in [-0.15, -0.1) is 0 Å². The molecule has 1 aliphatic heterocycles.